The number of aromatic nitrogens is 1. The van der Waals surface area contributed by atoms with Gasteiger partial charge in [-0.2, -0.15) is 5.26 Å². The Balaban J connectivity index is 1.73. The number of rotatable bonds is 8. The van der Waals surface area contributed by atoms with Gasteiger partial charge in [-0.05, 0) is 48.9 Å². The molecule has 0 spiro atoms. The number of nitrogens with zero attached hydrogens (tertiary/aromatic N) is 3. The Morgan fingerprint density at radius 1 is 1.20 bits per heavy atom. The average Bonchev–Trinajstić information content (AvgIpc) is 3.17. The second kappa shape index (κ2) is 9.98. The van der Waals surface area contributed by atoms with E-state index in [-0.39, 0.29) is 31.9 Å². The minimum absolute atomic E-state index is 0.0504. The fraction of sp³-hybridized carbons (Fsp3) is 0.227. The number of nitriles is 1. The predicted octanol–water partition coefficient (Wildman–Crippen LogP) is 2.90. The Morgan fingerprint density at radius 2 is 1.90 bits per heavy atom. The van der Waals surface area contributed by atoms with Crippen LogP contribution in [0.25, 0.3) is 20.8 Å². The molecule has 30 heavy (non-hydrogen) atoms. The number of hydrogen-bond donors (Lipinski definition) is 3. The van der Waals surface area contributed by atoms with Crippen LogP contribution >= 0.6 is 11.3 Å². The zero-order chi connectivity index (χ0) is 21.5. The van der Waals surface area contributed by atoms with Crippen LogP contribution in [0.2, 0.25) is 0 Å². The summed E-state index contributed by atoms with van der Waals surface area (Å²) in [5.74, 6) is -0.547. The van der Waals surface area contributed by atoms with Crippen molar-refractivity contribution in [3.8, 4) is 16.6 Å². The van der Waals surface area contributed by atoms with Gasteiger partial charge in [-0.1, -0.05) is 6.07 Å². The molecule has 1 heterocycles. The van der Waals surface area contributed by atoms with Crippen molar-refractivity contribution < 1.29 is 15.0 Å². The van der Waals surface area contributed by atoms with Crippen LogP contribution in [0.15, 0.2) is 54.2 Å². The third kappa shape index (κ3) is 5.02. The molecule has 0 aliphatic carbocycles. The van der Waals surface area contributed by atoms with E-state index in [2.05, 4.69) is 23.3 Å². The third-order valence-corrected chi connectivity index (χ3v) is 5.50. The molecule has 8 heteroatoms. The van der Waals surface area contributed by atoms with E-state index in [1.165, 1.54) is 16.7 Å². The lowest BCUT2D eigenvalue weighted by molar-refractivity contribution is -0.127. The summed E-state index contributed by atoms with van der Waals surface area (Å²) < 4.78 is 1.14. The summed E-state index contributed by atoms with van der Waals surface area (Å²) in [6, 6.07) is 15.6. The molecule has 3 rings (SSSR count). The van der Waals surface area contributed by atoms with Crippen molar-refractivity contribution >= 4 is 33.1 Å². The molecule has 0 radical (unpaired) electrons. The van der Waals surface area contributed by atoms with Crippen LogP contribution in [0.1, 0.15) is 5.56 Å². The summed E-state index contributed by atoms with van der Waals surface area (Å²) in [5, 5.41) is 31.3. The zero-order valence-corrected chi connectivity index (χ0v) is 17.3. The van der Waals surface area contributed by atoms with E-state index in [0.717, 1.165) is 20.8 Å². The largest absolute Gasteiger partial charge is 0.395 e. The summed E-state index contributed by atoms with van der Waals surface area (Å²) in [6.45, 7) is 1.67. The second-order valence-corrected chi connectivity index (χ2v) is 7.65. The highest BCUT2D eigenvalue weighted by atomic mass is 32.1. The number of anilines is 1. The number of fused-ring (bicyclic) bond motifs is 1. The lowest BCUT2D eigenvalue weighted by Crippen LogP contribution is -2.36. The van der Waals surface area contributed by atoms with Crippen LogP contribution in [0, 0.1) is 18.3 Å². The maximum absolute atomic E-state index is 12.4. The molecular formula is C22H22N4O3S. The highest BCUT2D eigenvalue weighted by Gasteiger charge is 2.17. The Kier molecular flexibility index (Phi) is 7.14. The van der Waals surface area contributed by atoms with E-state index in [9.17, 15) is 10.1 Å². The Hall–Kier alpha value is -3.25. The number of aliphatic hydroxyl groups excluding tert-OH is 2. The van der Waals surface area contributed by atoms with Gasteiger partial charge in [0.15, 0.2) is 0 Å². The summed E-state index contributed by atoms with van der Waals surface area (Å²) >= 11 is 1.63. The number of aliphatic hydroxyl groups is 2. The van der Waals surface area contributed by atoms with E-state index in [1.54, 1.807) is 11.3 Å². The quantitative estimate of drug-likeness (QED) is 0.380. The Bertz CT molecular complexity index is 1090. The van der Waals surface area contributed by atoms with E-state index >= 15 is 0 Å². The second-order valence-electron chi connectivity index (χ2n) is 6.62. The average molecular weight is 423 g/mol. The fourth-order valence-electron chi connectivity index (χ4n) is 2.89. The standard InChI is InChI=1S/C22H22N4O3S/c1-15-2-7-19-20(12-15)30-21(25-19)16-3-5-18(6-4-16)24-14-17(13-23)22(29)26(8-10-27)9-11-28/h2-7,12,14,24,27-28H,8-11H2,1H3/b17-14-. The van der Waals surface area contributed by atoms with Crippen LogP contribution in [0.4, 0.5) is 5.69 Å². The van der Waals surface area contributed by atoms with Crippen molar-refractivity contribution in [1.29, 1.82) is 5.26 Å². The van der Waals surface area contributed by atoms with Gasteiger partial charge >= 0.3 is 0 Å². The number of thiazole rings is 1. The minimum atomic E-state index is -0.547. The van der Waals surface area contributed by atoms with E-state index < -0.39 is 5.91 Å². The molecular weight excluding hydrogens is 400 g/mol. The molecule has 1 aromatic heterocycles. The van der Waals surface area contributed by atoms with Crippen LogP contribution < -0.4 is 5.32 Å². The number of benzene rings is 2. The van der Waals surface area contributed by atoms with Crippen LogP contribution in [-0.2, 0) is 4.79 Å². The van der Waals surface area contributed by atoms with Gasteiger partial charge in [0.2, 0.25) is 0 Å². The minimum Gasteiger partial charge on any atom is -0.395 e. The Labute approximate surface area is 178 Å². The molecule has 3 aromatic rings. The Morgan fingerprint density at radius 3 is 2.53 bits per heavy atom. The molecule has 2 aromatic carbocycles. The van der Waals surface area contributed by atoms with Crippen molar-refractivity contribution in [2.75, 3.05) is 31.6 Å². The number of carbonyl (C=O) groups excluding carboxylic acids is 1. The van der Waals surface area contributed by atoms with Gasteiger partial charge in [0.25, 0.3) is 5.91 Å². The summed E-state index contributed by atoms with van der Waals surface area (Å²) in [7, 11) is 0. The van der Waals surface area contributed by atoms with Crippen molar-refractivity contribution in [3.05, 3.63) is 59.8 Å². The summed E-state index contributed by atoms with van der Waals surface area (Å²) in [4.78, 5) is 18.3. The molecule has 0 saturated heterocycles. The molecule has 0 aliphatic rings. The molecule has 0 aliphatic heterocycles. The predicted molar refractivity (Wildman–Crippen MR) is 118 cm³/mol. The van der Waals surface area contributed by atoms with E-state index in [1.807, 2.05) is 42.5 Å². The molecule has 154 valence electrons. The maximum atomic E-state index is 12.4. The van der Waals surface area contributed by atoms with Gasteiger partial charge in [0, 0.05) is 30.5 Å². The van der Waals surface area contributed by atoms with Crippen molar-refractivity contribution in [3.63, 3.8) is 0 Å². The molecule has 0 bridgehead atoms. The number of hydrogen-bond acceptors (Lipinski definition) is 7. The SMILES string of the molecule is Cc1ccc2nc(-c3ccc(N/C=C(/C#N)C(=O)N(CCO)CCO)cc3)sc2c1. The summed E-state index contributed by atoms with van der Waals surface area (Å²) in [6.07, 6.45) is 1.33. The van der Waals surface area contributed by atoms with E-state index in [4.69, 9.17) is 10.2 Å². The van der Waals surface area contributed by atoms with Gasteiger partial charge in [0.05, 0.1) is 23.4 Å². The molecule has 1 amide bonds. The first-order chi connectivity index (χ1) is 14.5. The van der Waals surface area contributed by atoms with Gasteiger partial charge < -0.3 is 20.4 Å². The molecule has 0 fully saturated rings. The van der Waals surface area contributed by atoms with Crippen LogP contribution in [0.5, 0.6) is 0 Å². The number of amides is 1. The first kappa shape index (κ1) is 21.5. The normalized spacial score (nSPS) is 11.3. The number of aryl methyl sites for hydroxylation is 1. The monoisotopic (exact) mass is 422 g/mol. The fourth-order valence-corrected chi connectivity index (χ4v) is 3.96. The first-order valence-electron chi connectivity index (χ1n) is 9.41. The van der Waals surface area contributed by atoms with Gasteiger partial charge in [-0.3, -0.25) is 4.79 Å². The summed E-state index contributed by atoms with van der Waals surface area (Å²) in [5.41, 5.74) is 3.76. The molecule has 0 saturated carbocycles. The van der Waals surface area contributed by atoms with Crippen LogP contribution in [-0.4, -0.2) is 52.3 Å². The van der Waals surface area contributed by atoms with Gasteiger partial charge in [-0.15, -0.1) is 11.3 Å². The molecule has 0 unspecified atom stereocenters. The lowest BCUT2D eigenvalue weighted by Gasteiger charge is -2.20. The number of nitrogens with one attached hydrogen (secondary N) is 1. The lowest BCUT2D eigenvalue weighted by atomic mass is 10.2. The van der Waals surface area contributed by atoms with Gasteiger partial charge in [-0.25, -0.2) is 4.98 Å². The smallest absolute Gasteiger partial charge is 0.266 e. The van der Waals surface area contributed by atoms with Crippen molar-refractivity contribution in [1.82, 2.24) is 9.88 Å². The first-order valence-corrected chi connectivity index (χ1v) is 10.2. The number of carbonyl (C=O) groups is 1. The highest BCUT2D eigenvalue weighted by molar-refractivity contribution is 7.21. The van der Waals surface area contributed by atoms with Crippen molar-refractivity contribution in [2.45, 2.75) is 6.92 Å². The maximum Gasteiger partial charge on any atom is 0.266 e. The zero-order valence-electron chi connectivity index (χ0n) is 16.5. The third-order valence-electron chi connectivity index (χ3n) is 4.44. The molecule has 7 nitrogen and oxygen atoms in total. The van der Waals surface area contributed by atoms with Gasteiger partial charge in [0.1, 0.15) is 16.6 Å². The highest BCUT2D eigenvalue weighted by Crippen LogP contribution is 2.31. The van der Waals surface area contributed by atoms with Crippen LogP contribution in [0.3, 0.4) is 0 Å². The molecule has 3 N–H and O–H groups in total. The van der Waals surface area contributed by atoms with E-state index in [0.29, 0.717) is 5.69 Å². The topological polar surface area (TPSA) is 109 Å². The molecule has 0 atom stereocenters. The van der Waals surface area contributed by atoms with Crippen molar-refractivity contribution in [2.24, 2.45) is 0 Å².